The molecule has 0 bridgehead atoms. The highest BCUT2D eigenvalue weighted by Crippen LogP contribution is 2.17. The molecule has 0 saturated heterocycles. The van der Waals surface area contributed by atoms with Crippen molar-refractivity contribution >= 4 is 11.9 Å². The van der Waals surface area contributed by atoms with Gasteiger partial charge < -0.3 is 9.84 Å². The minimum absolute atomic E-state index is 0.121. The zero-order chi connectivity index (χ0) is 22.3. The molecule has 4 heteroatoms. The van der Waals surface area contributed by atoms with E-state index in [9.17, 15) is 9.59 Å². The molecule has 0 saturated carbocycles. The number of allylic oxidation sites excluding steroid dienone is 2. The summed E-state index contributed by atoms with van der Waals surface area (Å²) in [6.45, 7) is 4.58. The molecule has 0 aromatic rings. The summed E-state index contributed by atoms with van der Waals surface area (Å²) < 4.78 is 5.13. The molecule has 4 nitrogen and oxygen atoms in total. The van der Waals surface area contributed by atoms with Crippen LogP contribution in [0.3, 0.4) is 0 Å². The molecule has 176 valence electrons. The highest BCUT2D eigenvalue weighted by atomic mass is 16.5. The summed E-state index contributed by atoms with van der Waals surface area (Å²) in [6.07, 6.45) is 24.8. The summed E-state index contributed by atoms with van der Waals surface area (Å²) in [5, 5.41) is 8.99. The second-order valence-electron chi connectivity index (χ2n) is 8.54. The highest BCUT2D eigenvalue weighted by molar-refractivity contribution is 5.79. The van der Waals surface area contributed by atoms with Crippen molar-refractivity contribution in [2.45, 2.75) is 129 Å². The van der Waals surface area contributed by atoms with E-state index >= 15 is 0 Å². The number of hydrogen-bond acceptors (Lipinski definition) is 3. The predicted molar refractivity (Wildman–Crippen MR) is 126 cm³/mol. The number of carbonyl (C=O) groups is 2. The van der Waals surface area contributed by atoms with Gasteiger partial charge in [0.15, 0.2) is 0 Å². The van der Waals surface area contributed by atoms with Crippen molar-refractivity contribution in [3.05, 3.63) is 12.2 Å². The van der Waals surface area contributed by atoms with Gasteiger partial charge in [-0.1, -0.05) is 96.6 Å². The topological polar surface area (TPSA) is 63.6 Å². The first-order valence-corrected chi connectivity index (χ1v) is 12.6. The van der Waals surface area contributed by atoms with E-state index in [0.717, 1.165) is 38.5 Å². The molecule has 0 aliphatic carbocycles. The van der Waals surface area contributed by atoms with E-state index in [-0.39, 0.29) is 12.4 Å². The van der Waals surface area contributed by atoms with Crippen molar-refractivity contribution in [2.24, 2.45) is 5.92 Å². The molecule has 1 unspecified atom stereocenters. The van der Waals surface area contributed by atoms with Gasteiger partial charge in [-0.3, -0.25) is 9.59 Å². The van der Waals surface area contributed by atoms with E-state index in [0.29, 0.717) is 13.0 Å². The molecule has 0 radical (unpaired) electrons. The van der Waals surface area contributed by atoms with Gasteiger partial charge in [-0.15, -0.1) is 0 Å². The fourth-order valence-electron chi connectivity index (χ4n) is 3.65. The van der Waals surface area contributed by atoms with Crippen LogP contribution in [0.25, 0.3) is 0 Å². The molecule has 0 aromatic carbocycles. The fourth-order valence-corrected chi connectivity index (χ4v) is 3.65. The SMILES string of the molecule is CCCCCCCCCCC/C=C/CCCCCCC(CC(=O)O)C(=O)OCCC. The molecule has 0 amide bonds. The average molecular weight is 425 g/mol. The molecule has 0 aliphatic rings. The molecule has 0 fully saturated rings. The number of esters is 1. The quantitative estimate of drug-likeness (QED) is 0.109. The van der Waals surface area contributed by atoms with Crippen LogP contribution in [0.4, 0.5) is 0 Å². The average Bonchev–Trinajstić information content (AvgIpc) is 2.73. The van der Waals surface area contributed by atoms with Gasteiger partial charge in [0.2, 0.25) is 0 Å². The fraction of sp³-hybridized carbons (Fsp3) is 0.846. The lowest BCUT2D eigenvalue weighted by Crippen LogP contribution is -2.21. The molecule has 0 spiro atoms. The first-order valence-electron chi connectivity index (χ1n) is 12.6. The van der Waals surface area contributed by atoms with E-state index in [1.54, 1.807) is 0 Å². The van der Waals surface area contributed by atoms with Crippen LogP contribution in [0.5, 0.6) is 0 Å². The van der Waals surface area contributed by atoms with Crippen LogP contribution in [-0.4, -0.2) is 23.7 Å². The summed E-state index contributed by atoms with van der Waals surface area (Å²) in [6, 6.07) is 0. The molecular formula is C26H48O4. The van der Waals surface area contributed by atoms with Crippen molar-refractivity contribution in [1.29, 1.82) is 0 Å². The molecule has 0 aromatic heterocycles. The smallest absolute Gasteiger partial charge is 0.309 e. The lowest BCUT2D eigenvalue weighted by molar-refractivity contribution is -0.153. The molecule has 0 heterocycles. The zero-order valence-corrected chi connectivity index (χ0v) is 19.8. The molecule has 30 heavy (non-hydrogen) atoms. The second-order valence-corrected chi connectivity index (χ2v) is 8.54. The minimum Gasteiger partial charge on any atom is -0.481 e. The minimum atomic E-state index is -0.925. The Kier molecular flexibility index (Phi) is 21.4. The van der Waals surface area contributed by atoms with Crippen LogP contribution in [0, 0.1) is 5.92 Å². The van der Waals surface area contributed by atoms with Crippen LogP contribution < -0.4 is 0 Å². The van der Waals surface area contributed by atoms with Gasteiger partial charge in [0.05, 0.1) is 18.9 Å². The van der Waals surface area contributed by atoms with Crippen molar-refractivity contribution in [3.8, 4) is 0 Å². The van der Waals surface area contributed by atoms with Crippen LogP contribution in [-0.2, 0) is 14.3 Å². The van der Waals surface area contributed by atoms with Gasteiger partial charge in [0.25, 0.3) is 0 Å². The largest absolute Gasteiger partial charge is 0.481 e. The maximum Gasteiger partial charge on any atom is 0.309 e. The van der Waals surface area contributed by atoms with Crippen LogP contribution in [0.15, 0.2) is 12.2 Å². The molecule has 1 N–H and O–H groups in total. The monoisotopic (exact) mass is 424 g/mol. The van der Waals surface area contributed by atoms with Gasteiger partial charge in [-0.2, -0.15) is 0 Å². The maximum absolute atomic E-state index is 11.9. The second kappa shape index (κ2) is 22.4. The lowest BCUT2D eigenvalue weighted by Gasteiger charge is -2.13. The first kappa shape index (κ1) is 28.7. The van der Waals surface area contributed by atoms with E-state index in [2.05, 4.69) is 19.1 Å². The number of aliphatic carboxylic acids is 1. The predicted octanol–water partition coefficient (Wildman–Crippen LogP) is 7.85. The van der Waals surface area contributed by atoms with Crippen LogP contribution in [0.1, 0.15) is 129 Å². The molecule has 0 aliphatic heterocycles. The number of hydrogen-bond donors (Lipinski definition) is 1. The standard InChI is InChI=1S/C26H48O4/c1-3-5-6-7-8-9-10-11-12-13-14-15-16-17-18-19-20-21-24(23-25(27)28)26(29)30-22-4-2/h14-15,24H,3-13,16-23H2,1-2H3,(H,27,28)/b15-14+. The highest BCUT2D eigenvalue weighted by Gasteiger charge is 2.22. The Hall–Kier alpha value is -1.32. The Morgan fingerprint density at radius 2 is 1.23 bits per heavy atom. The number of ether oxygens (including phenoxy) is 1. The van der Waals surface area contributed by atoms with Crippen molar-refractivity contribution in [1.82, 2.24) is 0 Å². The number of carboxylic acids is 1. The van der Waals surface area contributed by atoms with Crippen LogP contribution in [0.2, 0.25) is 0 Å². The van der Waals surface area contributed by atoms with Crippen molar-refractivity contribution in [2.75, 3.05) is 6.61 Å². The third-order valence-corrected chi connectivity index (χ3v) is 5.52. The van der Waals surface area contributed by atoms with Gasteiger partial charge in [0.1, 0.15) is 0 Å². The van der Waals surface area contributed by atoms with E-state index in [1.165, 1.54) is 64.2 Å². The van der Waals surface area contributed by atoms with Gasteiger partial charge in [0, 0.05) is 0 Å². The van der Waals surface area contributed by atoms with Gasteiger partial charge >= 0.3 is 11.9 Å². The third-order valence-electron chi connectivity index (χ3n) is 5.52. The van der Waals surface area contributed by atoms with Crippen LogP contribution >= 0.6 is 0 Å². The Bertz CT molecular complexity index is 431. The Morgan fingerprint density at radius 1 is 0.733 bits per heavy atom. The summed E-state index contributed by atoms with van der Waals surface area (Å²) >= 11 is 0. The van der Waals surface area contributed by atoms with E-state index in [1.807, 2.05) is 6.92 Å². The molecular weight excluding hydrogens is 376 g/mol. The van der Waals surface area contributed by atoms with Crippen molar-refractivity contribution < 1.29 is 19.4 Å². The molecule has 0 rings (SSSR count). The number of carboxylic acid groups (broad SMARTS) is 1. The summed E-state index contributed by atoms with van der Waals surface area (Å²) in [4.78, 5) is 22.9. The first-order chi connectivity index (χ1) is 14.6. The van der Waals surface area contributed by atoms with E-state index in [4.69, 9.17) is 9.84 Å². The van der Waals surface area contributed by atoms with E-state index < -0.39 is 11.9 Å². The normalized spacial score (nSPS) is 12.3. The summed E-state index contributed by atoms with van der Waals surface area (Å²) in [5.74, 6) is -1.77. The zero-order valence-electron chi connectivity index (χ0n) is 19.8. The molecule has 1 atom stereocenters. The summed E-state index contributed by atoms with van der Waals surface area (Å²) in [5.41, 5.74) is 0. The summed E-state index contributed by atoms with van der Waals surface area (Å²) in [7, 11) is 0. The number of unbranched alkanes of at least 4 members (excludes halogenated alkanes) is 13. The number of rotatable bonds is 22. The third kappa shape index (κ3) is 20.0. The Labute approximate surface area is 185 Å². The Balaban J connectivity index is 3.55. The lowest BCUT2D eigenvalue weighted by atomic mass is 9.97. The number of carbonyl (C=O) groups excluding carboxylic acids is 1. The van der Waals surface area contributed by atoms with Gasteiger partial charge in [-0.25, -0.2) is 0 Å². The van der Waals surface area contributed by atoms with Crippen molar-refractivity contribution in [3.63, 3.8) is 0 Å². The van der Waals surface area contributed by atoms with Gasteiger partial charge in [-0.05, 0) is 38.5 Å². The maximum atomic E-state index is 11.9. The Morgan fingerprint density at radius 3 is 1.73 bits per heavy atom.